The highest BCUT2D eigenvalue weighted by molar-refractivity contribution is 7.99. The number of thiocarbonyl (C=S) groups is 1. The highest BCUT2D eigenvalue weighted by Crippen LogP contribution is 2.09. The van der Waals surface area contributed by atoms with Gasteiger partial charge in [0, 0.05) is 24.6 Å². The number of nitrogens with two attached hydrogens (primary N) is 1. The van der Waals surface area contributed by atoms with Gasteiger partial charge < -0.3 is 10.6 Å². The Labute approximate surface area is 83.9 Å². The van der Waals surface area contributed by atoms with Crippen LogP contribution in [0.3, 0.4) is 0 Å². The molecule has 1 fully saturated rings. The highest BCUT2D eigenvalue weighted by Gasteiger charge is 2.08. The normalized spacial score (nSPS) is 19.3. The van der Waals surface area contributed by atoms with E-state index in [9.17, 15) is 0 Å². The number of hydrogen-bond donors (Lipinski definition) is 1. The molecule has 0 aromatic carbocycles. The molecule has 1 aliphatic rings. The van der Waals surface area contributed by atoms with Crippen molar-refractivity contribution in [3.05, 3.63) is 0 Å². The molecule has 0 amide bonds. The highest BCUT2D eigenvalue weighted by atomic mass is 32.2. The molecule has 12 heavy (non-hydrogen) atoms. The van der Waals surface area contributed by atoms with Crippen molar-refractivity contribution in [2.75, 3.05) is 31.1 Å². The number of hydrogen-bond acceptors (Lipinski definition) is 3. The third kappa shape index (κ3) is 4.28. The molecular weight excluding hydrogens is 188 g/mol. The molecular formula is C8H16N2S2. The number of rotatable bonds is 4. The predicted octanol–water partition coefficient (Wildman–Crippen LogP) is 1.10. The molecule has 1 rings (SSSR count). The van der Waals surface area contributed by atoms with Crippen molar-refractivity contribution in [3.63, 3.8) is 0 Å². The monoisotopic (exact) mass is 204 g/mol. The second-order valence-corrected chi connectivity index (χ2v) is 4.77. The van der Waals surface area contributed by atoms with E-state index in [1.807, 2.05) is 11.8 Å². The first-order valence-corrected chi connectivity index (χ1v) is 5.94. The van der Waals surface area contributed by atoms with Gasteiger partial charge in [-0.1, -0.05) is 12.2 Å². The number of nitrogens with zero attached hydrogens (tertiary/aromatic N) is 1. The summed E-state index contributed by atoms with van der Waals surface area (Å²) in [5.41, 5.74) is 5.42. The Morgan fingerprint density at radius 1 is 1.42 bits per heavy atom. The quantitative estimate of drug-likeness (QED) is 0.695. The summed E-state index contributed by atoms with van der Waals surface area (Å²) in [6.45, 7) is 3.64. The van der Waals surface area contributed by atoms with Crippen LogP contribution in [0.1, 0.15) is 12.8 Å². The lowest BCUT2D eigenvalue weighted by atomic mass is 10.3. The summed E-state index contributed by atoms with van der Waals surface area (Å²) in [6, 6.07) is 0. The van der Waals surface area contributed by atoms with Crippen LogP contribution in [0.5, 0.6) is 0 Å². The zero-order valence-corrected chi connectivity index (χ0v) is 8.92. The first-order valence-electron chi connectivity index (χ1n) is 4.37. The molecule has 1 saturated heterocycles. The Bertz CT molecular complexity index is 144. The fraction of sp³-hybridized carbons (Fsp3) is 0.875. The van der Waals surface area contributed by atoms with Gasteiger partial charge in [-0.25, -0.2) is 0 Å². The van der Waals surface area contributed by atoms with Gasteiger partial charge in [0.1, 0.15) is 0 Å². The van der Waals surface area contributed by atoms with Crippen LogP contribution < -0.4 is 5.73 Å². The summed E-state index contributed by atoms with van der Waals surface area (Å²) in [7, 11) is 0. The fourth-order valence-electron chi connectivity index (χ4n) is 1.30. The molecule has 4 heteroatoms. The zero-order chi connectivity index (χ0) is 8.81. The van der Waals surface area contributed by atoms with Gasteiger partial charge in [0.05, 0.1) is 4.99 Å². The van der Waals surface area contributed by atoms with E-state index in [-0.39, 0.29) is 0 Å². The average molecular weight is 204 g/mol. The van der Waals surface area contributed by atoms with Gasteiger partial charge >= 0.3 is 0 Å². The Kier molecular flexibility index (Phi) is 4.95. The van der Waals surface area contributed by atoms with Gasteiger partial charge in [-0.05, 0) is 19.4 Å². The summed E-state index contributed by atoms with van der Waals surface area (Å²) in [4.78, 5) is 3.15. The van der Waals surface area contributed by atoms with Crippen molar-refractivity contribution in [1.82, 2.24) is 4.90 Å². The second-order valence-electron chi connectivity index (χ2n) is 3.02. The van der Waals surface area contributed by atoms with Crippen molar-refractivity contribution in [3.8, 4) is 0 Å². The number of thioether (sulfide) groups is 1. The molecule has 0 aromatic rings. The van der Waals surface area contributed by atoms with E-state index in [4.69, 9.17) is 18.0 Å². The van der Waals surface area contributed by atoms with Crippen molar-refractivity contribution < 1.29 is 0 Å². The van der Waals surface area contributed by atoms with E-state index < -0.39 is 0 Å². The molecule has 0 unspecified atom stereocenters. The van der Waals surface area contributed by atoms with Gasteiger partial charge in [0.25, 0.3) is 0 Å². The van der Waals surface area contributed by atoms with E-state index in [0.717, 1.165) is 19.4 Å². The van der Waals surface area contributed by atoms with Crippen molar-refractivity contribution in [1.29, 1.82) is 0 Å². The molecule has 0 aromatic heterocycles. The summed E-state index contributed by atoms with van der Waals surface area (Å²) >= 11 is 6.86. The summed E-state index contributed by atoms with van der Waals surface area (Å²) < 4.78 is 0. The second kappa shape index (κ2) is 5.78. The maximum absolute atomic E-state index is 5.42. The maximum atomic E-state index is 5.42. The molecule has 1 heterocycles. The average Bonchev–Trinajstić information content (AvgIpc) is 2.05. The molecule has 2 N–H and O–H groups in total. The Morgan fingerprint density at radius 3 is 2.67 bits per heavy atom. The first kappa shape index (κ1) is 10.3. The van der Waals surface area contributed by atoms with E-state index in [0.29, 0.717) is 4.99 Å². The van der Waals surface area contributed by atoms with E-state index in [1.165, 1.54) is 24.6 Å². The first-order chi connectivity index (χ1) is 5.79. The van der Waals surface area contributed by atoms with Crippen molar-refractivity contribution in [2.24, 2.45) is 5.73 Å². The summed E-state index contributed by atoms with van der Waals surface area (Å²) in [5, 5.41) is 0. The van der Waals surface area contributed by atoms with Crippen LogP contribution in [-0.2, 0) is 0 Å². The molecule has 0 aliphatic carbocycles. The van der Waals surface area contributed by atoms with Crippen LogP contribution >= 0.6 is 24.0 Å². The lowest BCUT2D eigenvalue weighted by molar-refractivity contribution is 0.301. The van der Waals surface area contributed by atoms with Crippen LogP contribution in [-0.4, -0.2) is 41.0 Å². The van der Waals surface area contributed by atoms with Crippen molar-refractivity contribution >= 4 is 29.0 Å². The standard InChI is InChI=1S/C8H16N2S2/c9-8(11)2-1-3-10-4-6-12-7-5-10/h1-7H2,(H2,9,11). The van der Waals surface area contributed by atoms with Gasteiger partial charge in [-0.15, -0.1) is 0 Å². The van der Waals surface area contributed by atoms with Crippen LogP contribution in [0.15, 0.2) is 0 Å². The van der Waals surface area contributed by atoms with E-state index in [2.05, 4.69) is 4.90 Å². The maximum Gasteiger partial charge on any atom is 0.0727 e. The topological polar surface area (TPSA) is 29.3 Å². The molecule has 70 valence electrons. The molecule has 0 spiro atoms. The van der Waals surface area contributed by atoms with Crippen molar-refractivity contribution in [2.45, 2.75) is 12.8 Å². The fourth-order valence-corrected chi connectivity index (χ4v) is 2.42. The van der Waals surface area contributed by atoms with Gasteiger partial charge in [0.15, 0.2) is 0 Å². The van der Waals surface area contributed by atoms with Crippen LogP contribution in [0.2, 0.25) is 0 Å². The van der Waals surface area contributed by atoms with Crippen LogP contribution in [0, 0.1) is 0 Å². The third-order valence-electron chi connectivity index (χ3n) is 2.00. The minimum Gasteiger partial charge on any atom is -0.393 e. The zero-order valence-electron chi connectivity index (χ0n) is 7.29. The molecule has 0 bridgehead atoms. The molecule has 1 aliphatic heterocycles. The smallest absolute Gasteiger partial charge is 0.0727 e. The predicted molar refractivity (Wildman–Crippen MR) is 59.8 cm³/mol. The van der Waals surface area contributed by atoms with Gasteiger partial charge in [0.2, 0.25) is 0 Å². The van der Waals surface area contributed by atoms with Crippen LogP contribution in [0.4, 0.5) is 0 Å². The molecule has 2 nitrogen and oxygen atoms in total. The van der Waals surface area contributed by atoms with E-state index in [1.54, 1.807) is 0 Å². The minimum atomic E-state index is 0.654. The SMILES string of the molecule is NC(=S)CCCN1CCSCC1. The lowest BCUT2D eigenvalue weighted by Gasteiger charge is -2.25. The molecule has 0 saturated carbocycles. The summed E-state index contributed by atoms with van der Waals surface area (Å²) in [6.07, 6.45) is 2.03. The Hall–Kier alpha value is 0.200. The van der Waals surface area contributed by atoms with E-state index >= 15 is 0 Å². The Balaban J connectivity index is 2.01. The van der Waals surface area contributed by atoms with Crippen LogP contribution in [0.25, 0.3) is 0 Å². The minimum absolute atomic E-state index is 0.654. The Morgan fingerprint density at radius 2 is 2.08 bits per heavy atom. The third-order valence-corrected chi connectivity index (χ3v) is 3.15. The van der Waals surface area contributed by atoms with Gasteiger partial charge in [-0.2, -0.15) is 11.8 Å². The van der Waals surface area contributed by atoms with Gasteiger partial charge in [-0.3, -0.25) is 0 Å². The molecule has 0 radical (unpaired) electrons. The largest absolute Gasteiger partial charge is 0.393 e. The lowest BCUT2D eigenvalue weighted by Crippen LogP contribution is -2.33. The molecule has 0 atom stereocenters. The summed E-state index contributed by atoms with van der Waals surface area (Å²) in [5.74, 6) is 2.57.